The number of carbonyl (C=O) groups excluding carboxylic acids is 1. The normalized spacial score (nSPS) is 20.6. The number of aromatic hydroxyl groups is 2. The minimum Gasteiger partial charge on any atom is -0.504 e. The molecule has 1 saturated heterocycles. The third kappa shape index (κ3) is 9.03. The SMILES string of the molecule is CCc1cccc(CCOc2c(O)c(OC)cc(C(=O)OCC3OC(Oc4cc(NC(C)CO)c(C(=O)O)cc4OC)C(O)C(O)C3O)c2O)c1. The van der Waals surface area contributed by atoms with E-state index in [9.17, 15) is 45.3 Å². The average molecular weight is 718 g/mol. The van der Waals surface area contributed by atoms with E-state index in [1.165, 1.54) is 20.3 Å². The van der Waals surface area contributed by atoms with Gasteiger partial charge in [0.25, 0.3) is 0 Å². The molecule has 16 nitrogen and oxygen atoms in total. The molecule has 0 radical (unpaired) electrons. The van der Waals surface area contributed by atoms with Gasteiger partial charge in [0.05, 0.1) is 38.7 Å². The molecule has 8 N–H and O–H groups in total. The lowest BCUT2D eigenvalue weighted by Crippen LogP contribution is -2.60. The van der Waals surface area contributed by atoms with Gasteiger partial charge in [0.2, 0.25) is 17.8 Å². The fourth-order valence-electron chi connectivity index (χ4n) is 5.27. The van der Waals surface area contributed by atoms with Crippen LogP contribution in [-0.2, 0) is 22.3 Å². The number of aryl methyl sites for hydroxylation is 1. The highest BCUT2D eigenvalue weighted by atomic mass is 16.7. The van der Waals surface area contributed by atoms with Gasteiger partial charge in [0, 0.05) is 30.7 Å². The van der Waals surface area contributed by atoms with Crippen LogP contribution in [0.15, 0.2) is 42.5 Å². The molecule has 278 valence electrons. The van der Waals surface area contributed by atoms with Crippen molar-refractivity contribution in [2.75, 3.05) is 39.4 Å². The lowest BCUT2D eigenvalue weighted by Gasteiger charge is -2.40. The second kappa shape index (κ2) is 17.3. The van der Waals surface area contributed by atoms with Crippen molar-refractivity contribution in [1.82, 2.24) is 0 Å². The highest BCUT2D eigenvalue weighted by Gasteiger charge is 2.46. The van der Waals surface area contributed by atoms with Crippen LogP contribution in [0.5, 0.6) is 34.5 Å². The summed E-state index contributed by atoms with van der Waals surface area (Å²) in [4.78, 5) is 25.1. The number of carboxylic acid groups (broad SMARTS) is 1. The van der Waals surface area contributed by atoms with E-state index < -0.39 is 78.1 Å². The van der Waals surface area contributed by atoms with Gasteiger partial charge in [-0.1, -0.05) is 31.2 Å². The first-order chi connectivity index (χ1) is 24.3. The molecular formula is C35H43NO15. The number of hydrogen-bond donors (Lipinski definition) is 8. The van der Waals surface area contributed by atoms with Gasteiger partial charge in [-0.3, -0.25) is 0 Å². The molecule has 0 bridgehead atoms. The lowest BCUT2D eigenvalue weighted by molar-refractivity contribution is -0.277. The zero-order chi connectivity index (χ0) is 37.4. The summed E-state index contributed by atoms with van der Waals surface area (Å²) < 4.78 is 32.9. The number of benzene rings is 3. The lowest BCUT2D eigenvalue weighted by atomic mass is 9.99. The van der Waals surface area contributed by atoms with Crippen LogP contribution < -0.4 is 24.3 Å². The molecule has 0 aliphatic carbocycles. The highest BCUT2D eigenvalue weighted by molar-refractivity contribution is 5.96. The Balaban J connectivity index is 1.51. The summed E-state index contributed by atoms with van der Waals surface area (Å²) in [7, 11) is 2.47. The standard InChI is InChI=1S/C35H43NO15/c1-5-18-7-6-8-19(11-18)9-10-48-32-27(38)21(13-25(47-4)29(32)40)34(45)49-16-26-28(39)30(41)31(42)35(51-26)50-24-14-22(36-17(2)15-37)20(33(43)44)12-23(24)46-3/h6-8,11-14,17,26,28,30-31,35-42H,5,9-10,15-16H2,1-4H3,(H,43,44). The molecular weight excluding hydrogens is 674 g/mol. The third-order valence-corrected chi connectivity index (χ3v) is 8.17. The number of phenols is 2. The molecule has 0 spiro atoms. The van der Waals surface area contributed by atoms with Crippen LogP contribution in [0.2, 0.25) is 0 Å². The van der Waals surface area contributed by atoms with Gasteiger partial charge >= 0.3 is 11.9 Å². The van der Waals surface area contributed by atoms with Gasteiger partial charge in [-0.25, -0.2) is 9.59 Å². The average Bonchev–Trinajstić information content (AvgIpc) is 3.12. The van der Waals surface area contributed by atoms with E-state index in [0.29, 0.717) is 6.42 Å². The van der Waals surface area contributed by atoms with Crippen LogP contribution in [0, 0.1) is 0 Å². The van der Waals surface area contributed by atoms with Crippen molar-refractivity contribution >= 4 is 17.6 Å². The largest absolute Gasteiger partial charge is 0.504 e. The van der Waals surface area contributed by atoms with Crippen molar-refractivity contribution in [2.45, 2.75) is 63.4 Å². The number of rotatable bonds is 16. The van der Waals surface area contributed by atoms with E-state index >= 15 is 0 Å². The Kier molecular flexibility index (Phi) is 13.1. The van der Waals surface area contributed by atoms with Crippen LogP contribution in [0.4, 0.5) is 5.69 Å². The first-order valence-electron chi connectivity index (χ1n) is 16.0. The number of aliphatic hydroxyl groups is 4. The van der Waals surface area contributed by atoms with Crippen molar-refractivity contribution in [2.24, 2.45) is 0 Å². The van der Waals surface area contributed by atoms with Crippen molar-refractivity contribution < 1.29 is 73.8 Å². The van der Waals surface area contributed by atoms with E-state index in [1.54, 1.807) is 6.92 Å². The zero-order valence-corrected chi connectivity index (χ0v) is 28.4. The molecule has 0 aromatic heterocycles. The summed E-state index contributed by atoms with van der Waals surface area (Å²) in [6.07, 6.45) is -7.38. The Bertz CT molecular complexity index is 1680. The molecule has 0 amide bonds. The monoisotopic (exact) mass is 717 g/mol. The molecule has 3 aromatic carbocycles. The fourth-order valence-corrected chi connectivity index (χ4v) is 5.27. The van der Waals surface area contributed by atoms with E-state index in [2.05, 4.69) is 5.32 Å². The summed E-state index contributed by atoms with van der Waals surface area (Å²) >= 11 is 0. The highest BCUT2D eigenvalue weighted by Crippen LogP contribution is 2.46. The Hall–Kier alpha value is -5.00. The van der Waals surface area contributed by atoms with Crippen LogP contribution in [0.1, 0.15) is 45.7 Å². The summed E-state index contributed by atoms with van der Waals surface area (Å²) in [6.45, 7) is 2.61. The molecule has 3 aromatic rings. The second-order valence-corrected chi connectivity index (χ2v) is 11.7. The minimum absolute atomic E-state index is 0.0293. The van der Waals surface area contributed by atoms with Crippen LogP contribution in [0.3, 0.4) is 0 Å². The van der Waals surface area contributed by atoms with Crippen molar-refractivity contribution in [3.8, 4) is 34.5 Å². The topological polar surface area (TPSA) is 243 Å². The molecule has 16 heteroatoms. The van der Waals surface area contributed by atoms with Gasteiger partial charge in [-0.15, -0.1) is 0 Å². The maximum atomic E-state index is 13.2. The maximum absolute atomic E-state index is 13.2. The zero-order valence-electron chi connectivity index (χ0n) is 28.4. The fraction of sp³-hybridized carbons (Fsp3) is 0.429. The van der Waals surface area contributed by atoms with E-state index in [4.69, 9.17) is 28.4 Å². The predicted octanol–water partition coefficient (Wildman–Crippen LogP) is 1.83. The Morgan fingerprint density at radius 3 is 2.24 bits per heavy atom. The van der Waals surface area contributed by atoms with Crippen molar-refractivity contribution in [3.63, 3.8) is 0 Å². The number of hydrogen-bond acceptors (Lipinski definition) is 15. The molecule has 1 aliphatic rings. The van der Waals surface area contributed by atoms with Gasteiger partial charge in [-0.05, 0) is 24.5 Å². The molecule has 1 aliphatic heterocycles. The number of carboxylic acids is 1. The quantitative estimate of drug-likeness (QED) is 0.0986. The summed E-state index contributed by atoms with van der Waals surface area (Å²) in [5.41, 5.74) is 1.46. The Labute approximate surface area is 293 Å². The Morgan fingerprint density at radius 1 is 0.902 bits per heavy atom. The summed E-state index contributed by atoms with van der Waals surface area (Å²) in [5.74, 6) is -4.57. The van der Waals surface area contributed by atoms with Crippen LogP contribution in [0.25, 0.3) is 0 Å². The van der Waals surface area contributed by atoms with Crippen molar-refractivity contribution in [3.05, 3.63) is 64.7 Å². The van der Waals surface area contributed by atoms with Gasteiger partial charge < -0.3 is 69.5 Å². The van der Waals surface area contributed by atoms with Gasteiger partial charge in [0.15, 0.2) is 23.0 Å². The first kappa shape index (κ1) is 38.8. The van der Waals surface area contributed by atoms with E-state index in [0.717, 1.165) is 29.7 Å². The van der Waals surface area contributed by atoms with E-state index in [-0.39, 0.29) is 41.7 Å². The number of phenolic OH excluding ortho intramolecular Hbond substituents is 2. The number of aliphatic hydroxyl groups excluding tert-OH is 4. The van der Waals surface area contributed by atoms with Gasteiger partial charge in [0.1, 0.15) is 36.6 Å². The molecule has 51 heavy (non-hydrogen) atoms. The number of aromatic carboxylic acids is 1. The van der Waals surface area contributed by atoms with E-state index in [1.807, 2.05) is 31.2 Å². The number of ether oxygens (including phenoxy) is 6. The molecule has 6 unspecified atom stereocenters. The predicted molar refractivity (Wildman–Crippen MR) is 179 cm³/mol. The number of methoxy groups -OCH3 is 2. The van der Waals surface area contributed by atoms with Crippen LogP contribution in [-0.4, -0.2) is 118 Å². The van der Waals surface area contributed by atoms with Gasteiger partial charge in [-0.2, -0.15) is 0 Å². The molecule has 1 fully saturated rings. The molecule has 4 rings (SSSR count). The summed E-state index contributed by atoms with van der Waals surface area (Å²) in [6, 6.07) is 10.7. The maximum Gasteiger partial charge on any atom is 0.342 e. The second-order valence-electron chi connectivity index (χ2n) is 11.7. The third-order valence-electron chi connectivity index (χ3n) is 8.17. The molecule has 6 atom stereocenters. The number of carbonyl (C=O) groups is 2. The minimum atomic E-state index is -1.86. The number of esters is 1. The smallest absolute Gasteiger partial charge is 0.342 e. The summed E-state index contributed by atoms with van der Waals surface area (Å²) in [5, 5.41) is 75.5. The molecule has 0 saturated carbocycles. The number of anilines is 1. The first-order valence-corrected chi connectivity index (χ1v) is 16.0. The number of nitrogens with one attached hydrogen (secondary N) is 1. The van der Waals surface area contributed by atoms with Crippen LogP contribution >= 0.6 is 0 Å². The Morgan fingerprint density at radius 2 is 1.59 bits per heavy atom. The van der Waals surface area contributed by atoms with Crippen molar-refractivity contribution in [1.29, 1.82) is 0 Å². The molecule has 1 heterocycles.